The second kappa shape index (κ2) is 7.25. The van der Waals surface area contributed by atoms with Crippen LogP contribution < -0.4 is 0 Å². The van der Waals surface area contributed by atoms with Gasteiger partial charge in [0.05, 0.1) is 17.6 Å². The second-order valence-electron chi connectivity index (χ2n) is 7.22. The first-order valence-electron chi connectivity index (χ1n) is 9.26. The summed E-state index contributed by atoms with van der Waals surface area (Å²) in [6.45, 7) is 6.95. The molecule has 3 nitrogen and oxygen atoms in total. The predicted octanol–water partition coefficient (Wildman–Crippen LogP) is 5.89. The van der Waals surface area contributed by atoms with Crippen molar-refractivity contribution in [2.45, 2.75) is 27.3 Å². The molecular weight excluding hydrogens is 368 g/mol. The van der Waals surface area contributed by atoms with E-state index in [0.29, 0.717) is 23.0 Å². The summed E-state index contributed by atoms with van der Waals surface area (Å²) in [6.07, 6.45) is 0. The molecule has 1 heterocycles. The van der Waals surface area contributed by atoms with Crippen LogP contribution in [0.3, 0.4) is 0 Å². The highest BCUT2D eigenvalue weighted by molar-refractivity contribution is 6.30. The van der Waals surface area contributed by atoms with E-state index in [2.05, 4.69) is 37.9 Å². The van der Waals surface area contributed by atoms with Crippen molar-refractivity contribution in [3.05, 3.63) is 99.3 Å². The monoisotopic (exact) mass is 388 g/mol. The molecule has 0 atom stereocenters. The third kappa shape index (κ3) is 3.34. The summed E-state index contributed by atoms with van der Waals surface area (Å²) in [4.78, 5) is 17.9. The third-order valence-electron chi connectivity index (χ3n) is 5.12. The van der Waals surface area contributed by atoms with Crippen molar-refractivity contribution in [3.63, 3.8) is 0 Å². The van der Waals surface area contributed by atoms with Crippen LogP contribution in [-0.2, 0) is 6.54 Å². The molecule has 0 bridgehead atoms. The van der Waals surface area contributed by atoms with Crippen molar-refractivity contribution >= 4 is 28.4 Å². The standard InChI is InChI=1S/C24H21ClN2O/c1-15-12-16(2)20(17(3)13-15)14-27-22-7-5-4-6-21(22)26-24(27)23(28)18-8-10-19(25)11-9-18/h4-13H,14H2,1-3H3. The first-order chi connectivity index (χ1) is 13.4. The van der Waals surface area contributed by atoms with E-state index in [4.69, 9.17) is 11.6 Å². The summed E-state index contributed by atoms with van der Waals surface area (Å²) in [6, 6.07) is 19.2. The Morgan fingerprint density at radius 2 is 1.61 bits per heavy atom. The molecule has 0 radical (unpaired) electrons. The number of ketones is 1. The minimum atomic E-state index is -0.102. The maximum absolute atomic E-state index is 13.2. The number of fused-ring (bicyclic) bond motifs is 1. The largest absolute Gasteiger partial charge is 0.317 e. The van der Waals surface area contributed by atoms with Gasteiger partial charge in [-0.1, -0.05) is 41.4 Å². The molecule has 4 aromatic rings. The fraction of sp³-hybridized carbons (Fsp3) is 0.167. The highest BCUT2D eigenvalue weighted by atomic mass is 35.5. The van der Waals surface area contributed by atoms with Gasteiger partial charge in [-0.2, -0.15) is 0 Å². The van der Waals surface area contributed by atoms with Crippen LogP contribution in [0, 0.1) is 20.8 Å². The molecule has 0 aliphatic heterocycles. The van der Waals surface area contributed by atoms with E-state index in [-0.39, 0.29) is 5.78 Å². The number of para-hydroxylation sites is 2. The third-order valence-corrected chi connectivity index (χ3v) is 5.37. The minimum Gasteiger partial charge on any atom is -0.317 e. The van der Waals surface area contributed by atoms with Crippen molar-refractivity contribution < 1.29 is 4.79 Å². The average Bonchev–Trinajstić information content (AvgIpc) is 3.03. The van der Waals surface area contributed by atoms with Crippen LogP contribution in [-0.4, -0.2) is 15.3 Å². The van der Waals surface area contributed by atoms with Crippen molar-refractivity contribution in [2.24, 2.45) is 0 Å². The first-order valence-corrected chi connectivity index (χ1v) is 9.64. The molecule has 0 unspecified atom stereocenters. The fourth-order valence-electron chi connectivity index (χ4n) is 3.76. The molecule has 0 spiro atoms. The van der Waals surface area contributed by atoms with Gasteiger partial charge in [0, 0.05) is 10.6 Å². The van der Waals surface area contributed by atoms with Gasteiger partial charge < -0.3 is 4.57 Å². The Balaban J connectivity index is 1.87. The van der Waals surface area contributed by atoms with Gasteiger partial charge in [0.15, 0.2) is 5.82 Å². The Bertz CT molecular complexity index is 1170. The molecule has 0 fully saturated rings. The van der Waals surface area contributed by atoms with E-state index < -0.39 is 0 Å². The highest BCUT2D eigenvalue weighted by Crippen LogP contribution is 2.24. The van der Waals surface area contributed by atoms with E-state index in [9.17, 15) is 4.79 Å². The number of carbonyl (C=O) groups excluding carboxylic acids is 1. The van der Waals surface area contributed by atoms with Crippen molar-refractivity contribution in [2.75, 3.05) is 0 Å². The number of rotatable bonds is 4. The molecule has 28 heavy (non-hydrogen) atoms. The van der Waals surface area contributed by atoms with Crippen LogP contribution in [0.5, 0.6) is 0 Å². The van der Waals surface area contributed by atoms with Crippen molar-refractivity contribution in [3.8, 4) is 0 Å². The molecule has 3 aromatic carbocycles. The first kappa shape index (κ1) is 18.5. The highest BCUT2D eigenvalue weighted by Gasteiger charge is 2.20. The summed E-state index contributed by atoms with van der Waals surface area (Å²) < 4.78 is 2.02. The van der Waals surface area contributed by atoms with Gasteiger partial charge in [-0.3, -0.25) is 4.79 Å². The maximum atomic E-state index is 13.2. The number of aryl methyl sites for hydroxylation is 3. The van der Waals surface area contributed by atoms with Crippen molar-refractivity contribution in [1.82, 2.24) is 9.55 Å². The quantitative estimate of drug-likeness (QED) is 0.408. The zero-order valence-corrected chi connectivity index (χ0v) is 16.9. The molecular formula is C24H21ClN2O. The lowest BCUT2D eigenvalue weighted by Gasteiger charge is -2.15. The molecule has 0 saturated heterocycles. The van der Waals surface area contributed by atoms with E-state index in [0.717, 1.165) is 11.0 Å². The second-order valence-corrected chi connectivity index (χ2v) is 7.66. The Labute approximate surface area is 169 Å². The van der Waals surface area contributed by atoms with Crippen LogP contribution in [0.4, 0.5) is 0 Å². The molecule has 0 saturated carbocycles. The molecule has 4 heteroatoms. The Morgan fingerprint density at radius 1 is 0.964 bits per heavy atom. The van der Waals surface area contributed by atoms with Gasteiger partial charge in [-0.05, 0) is 73.9 Å². The molecule has 1 aromatic heterocycles. The van der Waals surface area contributed by atoms with Crippen LogP contribution in [0.1, 0.15) is 38.4 Å². The number of benzene rings is 3. The number of nitrogens with zero attached hydrogens (tertiary/aromatic N) is 2. The normalized spacial score (nSPS) is 11.1. The SMILES string of the molecule is Cc1cc(C)c(Cn2c(C(=O)c3ccc(Cl)cc3)nc3ccccc32)c(C)c1. The van der Waals surface area contributed by atoms with Crippen LogP contribution >= 0.6 is 11.6 Å². The summed E-state index contributed by atoms with van der Waals surface area (Å²) in [7, 11) is 0. The van der Waals surface area contributed by atoms with Crippen LogP contribution in [0.15, 0.2) is 60.7 Å². The fourth-order valence-corrected chi connectivity index (χ4v) is 3.88. The van der Waals surface area contributed by atoms with Crippen LogP contribution in [0.25, 0.3) is 11.0 Å². The number of aromatic nitrogens is 2. The predicted molar refractivity (Wildman–Crippen MR) is 114 cm³/mol. The smallest absolute Gasteiger partial charge is 0.228 e. The lowest BCUT2D eigenvalue weighted by molar-refractivity contribution is 0.102. The summed E-state index contributed by atoms with van der Waals surface area (Å²) >= 11 is 5.98. The zero-order valence-electron chi connectivity index (χ0n) is 16.2. The maximum Gasteiger partial charge on any atom is 0.228 e. The summed E-state index contributed by atoms with van der Waals surface area (Å²) in [5, 5.41) is 0.607. The summed E-state index contributed by atoms with van der Waals surface area (Å²) in [5.74, 6) is 0.346. The molecule has 0 aliphatic carbocycles. The van der Waals surface area contributed by atoms with Gasteiger partial charge in [0.1, 0.15) is 0 Å². The molecule has 4 rings (SSSR count). The lowest BCUT2D eigenvalue weighted by atomic mass is 9.99. The van der Waals surface area contributed by atoms with Crippen molar-refractivity contribution in [1.29, 1.82) is 0 Å². The van der Waals surface area contributed by atoms with E-state index in [1.54, 1.807) is 24.3 Å². The van der Waals surface area contributed by atoms with Gasteiger partial charge in [0.25, 0.3) is 0 Å². The summed E-state index contributed by atoms with van der Waals surface area (Å²) in [5.41, 5.74) is 7.27. The van der Waals surface area contributed by atoms with Gasteiger partial charge in [-0.15, -0.1) is 0 Å². The lowest BCUT2D eigenvalue weighted by Crippen LogP contribution is -2.14. The number of halogens is 1. The molecule has 0 N–H and O–H groups in total. The average molecular weight is 389 g/mol. The zero-order chi connectivity index (χ0) is 19.8. The number of carbonyl (C=O) groups is 1. The van der Waals surface area contributed by atoms with E-state index in [1.807, 2.05) is 28.8 Å². The Hall–Kier alpha value is -2.91. The Kier molecular flexibility index (Phi) is 4.78. The van der Waals surface area contributed by atoms with E-state index in [1.165, 1.54) is 22.3 Å². The van der Waals surface area contributed by atoms with Gasteiger partial charge >= 0.3 is 0 Å². The Morgan fingerprint density at radius 3 is 2.29 bits per heavy atom. The number of imidazole rings is 1. The van der Waals surface area contributed by atoms with E-state index >= 15 is 0 Å². The molecule has 0 amide bonds. The van der Waals surface area contributed by atoms with Gasteiger partial charge in [-0.25, -0.2) is 4.98 Å². The molecule has 140 valence electrons. The van der Waals surface area contributed by atoms with Gasteiger partial charge in [0.2, 0.25) is 5.78 Å². The minimum absolute atomic E-state index is 0.102. The topological polar surface area (TPSA) is 34.9 Å². The van der Waals surface area contributed by atoms with Crippen LogP contribution in [0.2, 0.25) is 5.02 Å². The number of hydrogen-bond donors (Lipinski definition) is 0. The number of hydrogen-bond acceptors (Lipinski definition) is 2. The molecule has 0 aliphatic rings.